The number of amides is 1. The van der Waals surface area contributed by atoms with Gasteiger partial charge in [0.15, 0.2) is 0 Å². The standard InChI is InChI=1S/C13H14F2N4O/c1-19-5-4-17-11(19)2-3-18-13(20)8-6-9(14)12(16)10(15)7-8/h4-7H,2-3,16H2,1H3,(H,18,20). The number of halogens is 2. The molecule has 3 N–H and O–H groups in total. The quantitative estimate of drug-likeness (QED) is 0.828. The molecule has 0 saturated heterocycles. The van der Waals surface area contributed by atoms with Crippen LogP contribution in [0.2, 0.25) is 0 Å². The van der Waals surface area contributed by atoms with Gasteiger partial charge in [-0.1, -0.05) is 0 Å². The van der Waals surface area contributed by atoms with E-state index in [-0.39, 0.29) is 5.56 Å². The number of aromatic nitrogens is 2. The summed E-state index contributed by atoms with van der Waals surface area (Å²) >= 11 is 0. The van der Waals surface area contributed by atoms with Gasteiger partial charge in [0.1, 0.15) is 23.1 Å². The number of benzene rings is 1. The van der Waals surface area contributed by atoms with Crippen LogP contribution >= 0.6 is 0 Å². The molecule has 0 aliphatic heterocycles. The Hall–Kier alpha value is -2.44. The fourth-order valence-corrected chi connectivity index (χ4v) is 1.74. The summed E-state index contributed by atoms with van der Waals surface area (Å²) in [6, 6.07) is 1.82. The van der Waals surface area contributed by atoms with Crippen LogP contribution in [0.4, 0.5) is 14.5 Å². The van der Waals surface area contributed by atoms with Crippen LogP contribution in [0, 0.1) is 11.6 Å². The largest absolute Gasteiger partial charge is 0.394 e. The van der Waals surface area contributed by atoms with E-state index in [0.717, 1.165) is 18.0 Å². The molecule has 0 fully saturated rings. The van der Waals surface area contributed by atoms with Crippen molar-refractivity contribution in [3.05, 3.63) is 47.5 Å². The third-order valence-corrected chi connectivity index (χ3v) is 2.90. The van der Waals surface area contributed by atoms with Crippen LogP contribution < -0.4 is 11.1 Å². The third-order valence-electron chi connectivity index (χ3n) is 2.90. The first kappa shape index (κ1) is 14.0. The number of nitrogens with two attached hydrogens (primary N) is 1. The van der Waals surface area contributed by atoms with Crippen molar-refractivity contribution in [3.8, 4) is 0 Å². The number of carbonyl (C=O) groups is 1. The lowest BCUT2D eigenvalue weighted by Gasteiger charge is -2.07. The smallest absolute Gasteiger partial charge is 0.251 e. The second kappa shape index (κ2) is 5.68. The van der Waals surface area contributed by atoms with Crippen molar-refractivity contribution in [3.63, 3.8) is 0 Å². The molecule has 0 spiro atoms. The molecule has 1 amide bonds. The Labute approximate surface area is 114 Å². The molecule has 0 atom stereocenters. The van der Waals surface area contributed by atoms with Gasteiger partial charge in [-0.05, 0) is 12.1 Å². The van der Waals surface area contributed by atoms with E-state index >= 15 is 0 Å². The molecule has 0 unspecified atom stereocenters. The molecule has 0 aliphatic carbocycles. The van der Waals surface area contributed by atoms with E-state index in [1.807, 2.05) is 11.6 Å². The number of hydrogen-bond acceptors (Lipinski definition) is 3. The predicted octanol–water partition coefficient (Wildman–Crippen LogP) is 1.25. The topological polar surface area (TPSA) is 72.9 Å². The zero-order valence-corrected chi connectivity index (χ0v) is 10.9. The van der Waals surface area contributed by atoms with Crippen LogP contribution in [0.15, 0.2) is 24.5 Å². The van der Waals surface area contributed by atoms with Gasteiger partial charge in [-0.3, -0.25) is 4.79 Å². The summed E-state index contributed by atoms with van der Waals surface area (Å²) in [5.74, 6) is -1.64. The average Bonchev–Trinajstić information content (AvgIpc) is 2.81. The second-order valence-corrected chi connectivity index (χ2v) is 4.31. The summed E-state index contributed by atoms with van der Waals surface area (Å²) in [6.45, 7) is 0.317. The molecule has 1 aromatic carbocycles. The highest BCUT2D eigenvalue weighted by Gasteiger charge is 2.13. The summed E-state index contributed by atoms with van der Waals surface area (Å²) in [5.41, 5.74) is 4.45. The van der Waals surface area contributed by atoms with Gasteiger partial charge in [0, 0.05) is 38.0 Å². The van der Waals surface area contributed by atoms with E-state index in [1.54, 1.807) is 12.4 Å². The number of aryl methyl sites for hydroxylation is 1. The van der Waals surface area contributed by atoms with Gasteiger partial charge in [0.05, 0.1) is 0 Å². The SMILES string of the molecule is Cn1ccnc1CCNC(=O)c1cc(F)c(N)c(F)c1. The maximum atomic E-state index is 13.2. The Morgan fingerprint density at radius 1 is 1.40 bits per heavy atom. The molecule has 1 aromatic heterocycles. The normalized spacial score (nSPS) is 10.6. The van der Waals surface area contributed by atoms with Crippen molar-refractivity contribution in [2.75, 3.05) is 12.3 Å². The van der Waals surface area contributed by atoms with Gasteiger partial charge in [-0.25, -0.2) is 13.8 Å². The molecule has 0 aliphatic rings. The molecular weight excluding hydrogens is 266 g/mol. The molecule has 7 heteroatoms. The van der Waals surface area contributed by atoms with Crippen LogP contribution in [0.3, 0.4) is 0 Å². The van der Waals surface area contributed by atoms with E-state index in [9.17, 15) is 13.6 Å². The van der Waals surface area contributed by atoms with E-state index < -0.39 is 23.2 Å². The Balaban J connectivity index is 1.97. The highest BCUT2D eigenvalue weighted by Crippen LogP contribution is 2.17. The molecule has 2 rings (SSSR count). The van der Waals surface area contributed by atoms with Gasteiger partial charge in [-0.2, -0.15) is 0 Å². The van der Waals surface area contributed by atoms with Crippen LogP contribution in [-0.2, 0) is 13.5 Å². The third kappa shape index (κ3) is 2.93. The summed E-state index contributed by atoms with van der Waals surface area (Å²) < 4.78 is 28.3. The lowest BCUT2D eigenvalue weighted by Crippen LogP contribution is -2.26. The highest BCUT2D eigenvalue weighted by molar-refractivity contribution is 5.94. The Morgan fingerprint density at radius 3 is 2.60 bits per heavy atom. The molecular formula is C13H14F2N4O. The van der Waals surface area contributed by atoms with Gasteiger partial charge in [0.25, 0.3) is 5.91 Å². The van der Waals surface area contributed by atoms with Crippen molar-refractivity contribution < 1.29 is 13.6 Å². The van der Waals surface area contributed by atoms with Crippen molar-refractivity contribution in [2.24, 2.45) is 7.05 Å². The molecule has 5 nitrogen and oxygen atoms in total. The fraction of sp³-hybridized carbons (Fsp3) is 0.231. The summed E-state index contributed by atoms with van der Waals surface area (Å²) in [7, 11) is 1.84. The van der Waals surface area contributed by atoms with Crippen LogP contribution in [-0.4, -0.2) is 22.0 Å². The van der Waals surface area contributed by atoms with Crippen molar-refractivity contribution in [2.45, 2.75) is 6.42 Å². The maximum absolute atomic E-state index is 13.2. The van der Waals surface area contributed by atoms with Gasteiger partial charge < -0.3 is 15.6 Å². The molecule has 106 valence electrons. The number of imidazole rings is 1. The van der Waals surface area contributed by atoms with Gasteiger partial charge in [-0.15, -0.1) is 0 Å². The Kier molecular flexibility index (Phi) is 3.97. The second-order valence-electron chi connectivity index (χ2n) is 4.31. The monoisotopic (exact) mass is 280 g/mol. The van der Waals surface area contributed by atoms with Crippen molar-refractivity contribution >= 4 is 11.6 Å². The number of nitrogens with one attached hydrogen (secondary N) is 1. The Morgan fingerprint density at radius 2 is 2.05 bits per heavy atom. The molecule has 20 heavy (non-hydrogen) atoms. The molecule has 2 aromatic rings. The number of anilines is 1. The highest BCUT2D eigenvalue weighted by atomic mass is 19.1. The minimum absolute atomic E-state index is 0.103. The number of carbonyl (C=O) groups excluding carboxylic acids is 1. The lowest BCUT2D eigenvalue weighted by atomic mass is 10.1. The Bertz CT molecular complexity index is 616. The van der Waals surface area contributed by atoms with Crippen molar-refractivity contribution in [1.82, 2.24) is 14.9 Å². The van der Waals surface area contributed by atoms with Crippen LogP contribution in [0.25, 0.3) is 0 Å². The first-order valence-corrected chi connectivity index (χ1v) is 5.98. The van der Waals surface area contributed by atoms with Crippen LogP contribution in [0.1, 0.15) is 16.2 Å². The van der Waals surface area contributed by atoms with E-state index in [0.29, 0.717) is 13.0 Å². The zero-order valence-electron chi connectivity index (χ0n) is 10.9. The van der Waals surface area contributed by atoms with Crippen LogP contribution in [0.5, 0.6) is 0 Å². The maximum Gasteiger partial charge on any atom is 0.251 e. The van der Waals surface area contributed by atoms with E-state index in [1.165, 1.54) is 0 Å². The summed E-state index contributed by atoms with van der Waals surface area (Å²) in [4.78, 5) is 15.9. The number of hydrogen-bond donors (Lipinski definition) is 2. The summed E-state index contributed by atoms with van der Waals surface area (Å²) in [6.07, 6.45) is 3.97. The van der Waals surface area contributed by atoms with Gasteiger partial charge in [0.2, 0.25) is 0 Å². The van der Waals surface area contributed by atoms with Crippen molar-refractivity contribution in [1.29, 1.82) is 0 Å². The average molecular weight is 280 g/mol. The molecule has 0 radical (unpaired) electrons. The molecule has 0 saturated carbocycles. The first-order chi connectivity index (χ1) is 9.49. The van der Waals surface area contributed by atoms with E-state index in [2.05, 4.69) is 10.3 Å². The summed E-state index contributed by atoms with van der Waals surface area (Å²) in [5, 5.41) is 2.57. The predicted molar refractivity (Wildman–Crippen MR) is 70.0 cm³/mol. The van der Waals surface area contributed by atoms with E-state index in [4.69, 9.17) is 5.73 Å². The zero-order chi connectivity index (χ0) is 14.7. The fourth-order valence-electron chi connectivity index (χ4n) is 1.74. The number of nitrogen functional groups attached to an aromatic ring is 1. The first-order valence-electron chi connectivity index (χ1n) is 5.98. The minimum Gasteiger partial charge on any atom is -0.394 e. The number of nitrogens with zero attached hydrogens (tertiary/aromatic N) is 2. The molecule has 0 bridgehead atoms. The molecule has 1 heterocycles. The number of rotatable bonds is 4. The van der Waals surface area contributed by atoms with Gasteiger partial charge >= 0.3 is 0 Å². The minimum atomic E-state index is -0.945. The lowest BCUT2D eigenvalue weighted by molar-refractivity contribution is 0.0953.